The van der Waals surface area contributed by atoms with Crippen LogP contribution in [0.1, 0.15) is 0 Å². The summed E-state index contributed by atoms with van der Waals surface area (Å²) < 4.78 is 1.65. The van der Waals surface area contributed by atoms with E-state index in [1.165, 1.54) is 0 Å². The van der Waals surface area contributed by atoms with Crippen LogP contribution in [0.3, 0.4) is 0 Å². The molecule has 0 saturated carbocycles. The fourth-order valence-electron chi connectivity index (χ4n) is 1.81. The van der Waals surface area contributed by atoms with Crippen molar-refractivity contribution in [1.29, 1.82) is 0 Å². The minimum Gasteiger partial charge on any atom is -0.366 e. The van der Waals surface area contributed by atoms with E-state index < -0.39 is 0 Å². The van der Waals surface area contributed by atoms with E-state index in [0.717, 1.165) is 11.1 Å². The molecule has 3 aromatic rings. The minimum atomic E-state index is 0.254. The first-order chi connectivity index (χ1) is 8.25. The van der Waals surface area contributed by atoms with Crippen molar-refractivity contribution in [3.05, 3.63) is 47.6 Å². The van der Waals surface area contributed by atoms with Crippen LogP contribution in [0.2, 0.25) is 5.02 Å². The number of rotatable bonds is 1. The molecule has 0 radical (unpaired) electrons. The van der Waals surface area contributed by atoms with Gasteiger partial charge in [0.25, 0.3) is 0 Å². The third-order valence-electron chi connectivity index (χ3n) is 2.54. The number of hydrogen-bond acceptors (Lipinski definition) is 3. The fourth-order valence-corrected chi connectivity index (χ4v) is 2.05. The second-order valence-corrected chi connectivity index (χ2v) is 4.05. The van der Waals surface area contributed by atoms with Gasteiger partial charge in [-0.25, -0.2) is 4.52 Å². The molecule has 0 saturated heterocycles. The zero-order chi connectivity index (χ0) is 11.8. The molecule has 0 spiro atoms. The van der Waals surface area contributed by atoms with E-state index >= 15 is 0 Å². The van der Waals surface area contributed by atoms with Crippen molar-refractivity contribution in [1.82, 2.24) is 14.6 Å². The summed E-state index contributed by atoms with van der Waals surface area (Å²) in [5.74, 6) is 0.254. The molecule has 0 amide bonds. The highest BCUT2D eigenvalue weighted by Crippen LogP contribution is 2.29. The molecule has 0 bridgehead atoms. The normalized spacial score (nSPS) is 10.9. The zero-order valence-corrected chi connectivity index (χ0v) is 9.59. The van der Waals surface area contributed by atoms with Crippen LogP contribution in [-0.4, -0.2) is 14.6 Å². The van der Waals surface area contributed by atoms with Crippen LogP contribution in [0.25, 0.3) is 16.8 Å². The first kappa shape index (κ1) is 10.1. The van der Waals surface area contributed by atoms with E-state index in [-0.39, 0.29) is 5.95 Å². The van der Waals surface area contributed by atoms with Gasteiger partial charge in [0.1, 0.15) is 0 Å². The lowest BCUT2D eigenvalue weighted by Crippen LogP contribution is -1.90. The molecule has 5 heteroatoms. The zero-order valence-electron chi connectivity index (χ0n) is 8.84. The van der Waals surface area contributed by atoms with E-state index in [4.69, 9.17) is 17.3 Å². The molecule has 1 aromatic carbocycles. The van der Waals surface area contributed by atoms with Crippen LogP contribution in [0.4, 0.5) is 5.95 Å². The summed E-state index contributed by atoms with van der Waals surface area (Å²) in [7, 11) is 0. The van der Waals surface area contributed by atoms with Gasteiger partial charge in [-0.15, -0.1) is 5.10 Å². The first-order valence-corrected chi connectivity index (χ1v) is 5.49. The number of anilines is 1. The molecular formula is C12H9ClN4. The average Bonchev–Trinajstić information content (AvgIpc) is 2.70. The smallest absolute Gasteiger partial charge is 0.240 e. The van der Waals surface area contributed by atoms with E-state index in [9.17, 15) is 0 Å². The minimum absolute atomic E-state index is 0.254. The highest BCUT2D eigenvalue weighted by molar-refractivity contribution is 6.33. The molecule has 0 aliphatic rings. The van der Waals surface area contributed by atoms with E-state index in [2.05, 4.69) is 10.1 Å². The third kappa shape index (κ3) is 1.62. The van der Waals surface area contributed by atoms with E-state index in [1.807, 2.05) is 36.4 Å². The molecule has 0 unspecified atom stereocenters. The second-order valence-electron chi connectivity index (χ2n) is 3.64. The maximum Gasteiger partial charge on any atom is 0.240 e. The van der Waals surface area contributed by atoms with Gasteiger partial charge in [0.15, 0.2) is 5.65 Å². The van der Waals surface area contributed by atoms with Crippen LogP contribution < -0.4 is 5.73 Å². The number of fused-ring (bicyclic) bond motifs is 1. The van der Waals surface area contributed by atoms with E-state index in [0.29, 0.717) is 10.7 Å². The number of nitrogens with two attached hydrogens (primary N) is 1. The number of halogens is 1. The van der Waals surface area contributed by atoms with Crippen LogP contribution in [0.5, 0.6) is 0 Å². The molecule has 0 aliphatic carbocycles. The molecule has 0 atom stereocenters. The number of hydrogen-bond donors (Lipinski definition) is 1. The van der Waals surface area contributed by atoms with Crippen LogP contribution in [0, 0.1) is 0 Å². The Morgan fingerprint density at radius 2 is 1.82 bits per heavy atom. The number of nitrogen functional groups attached to an aromatic ring is 1. The maximum absolute atomic E-state index is 6.18. The molecular weight excluding hydrogens is 236 g/mol. The lowest BCUT2D eigenvalue weighted by Gasteiger charge is -2.04. The Bertz CT molecular complexity index is 690. The summed E-state index contributed by atoms with van der Waals surface area (Å²) in [5, 5.41) is 4.75. The van der Waals surface area contributed by atoms with Crippen molar-refractivity contribution in [2.45, 2.75) is 0 Å². The van der Waals surface area contributed by atoms with Crippen LogP contribution in [0.15, 0.2) is 42.6 Å². The molecule has 3 rings (SSSR count). The Morgan fingerprint density at radius 1 is 1.06 bits per heavy atom. The second kappa shape index (κ2) is 3.75. The van der Waals surface area contributed by atoms with Crippen molar-refractivity contribution in [3.8, 4) is 11.1 Å². The monoisotopic (exact) mass is 244 g/mol. The Balaban J connectivity index is 2.34. The van der Waals surface area contributed by atoms with Gasteiger partial charge in [-0.1, -0.05) is 29.8 Å². The number of aromatic nitrogens is 3. The Labute approximate surface area is 103 Å². The predicted molar refractivity (Wildman–Crippen MR) is 67.8 cm³/mol. The summed E-state index contributed by atoms with van der Waals surface area (Å²) in [5.41, 5.74) is 8.15. The van der Waals surface area contributed by atoms with Crippen molar-refractivity contribution < 1.29 is 0 Å². The molecule has 4 nitrogen and oxygen atoms in total. The third-order valence-corrected chi connectivity index (χ3v) is 2.87. The Kier molecular flexibility index (Phi) is 2.23. The van der Waals surface area contributed by atoms with Crippen molar-refractivity contribution >= 4 is 23.2 Å². The number of nitrogens with zero attached hydrogens (tertiary/aromatic N) is 3. The quantitative estimate of drug-likeness (QED) is 0.716. The summed E-state index contributed by atoms with van der Waals surface area (Å²) in [6.45, 7) is 0. The molecule has 17 heavy (non-hydrogen) atoms. The Morgan fingerprint density at radius 3 is 2.65 bits per heavy atom. The molecule has 0 aliphatic heterocycles. The van der Waals surface area contributed by atoms with Gasteiger partial charge < -0.3 is 5.73 Å². The maximum atomic E-state index is 6.18. The van der Waals surface area contributed by atoms with Gasteiger partial charge in [-0.05, 0) is 18.2 Å². The van der Waals surface area contributed by atoms with Crippen LogP contribution >= 0.6 is 11.6 Å². The van der Waals surface area contributed by atoms with Gasteiger partial charge in [0.2, 0.25) is 5.95 Å². The topological polar surface area (TPSA) is 56.2 Å². The molecule has 84 valence electrons. The largest absolute Gasteiger partial charge is 0.366 e. The lowest BCUT2D eigenvalue weighted by atomic mass is 10.1. The molecule has 2 N–H and O–H groups in total. The standard InChI is InChI=1S/C12H9ClN4/c13-10-6-2-1-4-8(10)9-5-3-7-17-11(9)15-12(14)16-17/h1-7H,(H2,14,16). The first-order valence-electron chi connectivity index (χ1n) is 5.11. The summed E-state index contributed by atoms with van der Waals surface area (Å²) in [6.07, 6.45) is 1.80. The van der Waals surface area contributed by atoms with Crippen LogP contribution in [-0.2, 0) is 0 Å². The van der Waals surface area contributed by atoms with Crippen molar-refractivity contribution in [2.75, 3.05) is 5.73 Å². The summed E-state index contributed by atoms with van der Waals surface area (Å²) >= 11 is 6.18. The summed E-state index contributed by atoms with van der Waals surface area (Å²) in [6, 6.07) is 11.5. The Hall–Kier alpha value is -2.07. The number of benzene rings is 1. The average molecular weight is 245 g/mol. The van der Waals surface area contributed by atoms with Gasteiger partial charge >= 0.3 is 0 Å². The van der Waals surface area contributed by atoms with Gasteiger partial charge in [0, 0.05) is 22.3 Å². The highest BCUT2D eigenvalue weighted by atomic mass is 35.5. The molecule has 0 fully saturated rings. The predicted octanol–water partition coefficient (Wildman–Crippen LogP) is 2.63. The number of pyridine rings is 1. The van der Waals surface area contributed by atoms with Crippen molar-refractivity contribution in [3.63, 3.8) is 0 Å². The fraction of sp³-hybridized carbons (Fsp3) is 0. The highest BCUT2D eigenvalue weighted by Gasteiger charge is 2.10. The van der Waals surface area contributed by atoms with Gasteiger partial charge in [0.05, 0.1) is 0 Å². The lowest BCUT2D eigenvalue weighted by molar-refractivity contribution is 0.969. The van der Waals surface area contributed by atoms with Crippen molar-refractivity contribution in [2.24, 2.45) is 0 Å². The molecule has 2 aromatic heterocycles. The van der Waals surface area contributed by atoms with Gasteiger partial charge in [-0.2, -0.15) is 4.98 Å². The molecule has 2 heterocycles. The summed E-state index contributed by atoms with van der Waals surface area (Å²) in [4.78, 5) is 4.20. The SMILES string of the molecule is Nc1nc2c(-c3ccccc3Cl)cccn2n1. The van der Waals surface area contributed by atoms with Gasteiger partial charge in [-0.3, -0.25) is 0 Å². The van der Waals surface area contributed by atoms with E-state index in [1.54, 1.807) is 10.7 Å².